The normalized spacial score (nSPS) is 13.7. The summed E-state index contributed by atoms with van der Waals surface area (Å²) in [5, 5.41) is 14.2. The molecule has 0 aliphatic heterocycles. The van der Waals surface area contributed by atoms with Crippen molar-refractivity contribution in [1.82, 2.24) is 10.6 Å². The largest absolute Gasteiger partial charge is 0.396 e. The van der Waals surface area contributed by atoms with E-state index < -0.39 is 0 Å². The van der Waals surface area contributed by atoms with Crippen LogP contribution in [0.4, 0.5) is 9.18 Å². The van der Waals surface area contributed by atoms with E-state index in [-0.39, 0.29) is 37.0 Å². The Morgan fingerprint density at radius 2 is 2.16 bits per heavy atom. The Kier molecular flexibility index (Phi) is 6.24. The molecule has 1 aromatic rings. The minimum absolute atomic E-state index is 0.00169. The molecule has 1 aromatic carbocycles. The number of hydrogen-bond donors (Lipinski definition) is 3. The molecule has 0 aliphatic carbocycles. The van der Waals surface area contributed by atoms with Crippen LogP contribution in [0.5, 0.6) is 0 Å². The lowest BCUT2D eigenvalue weighted by atomic mass is 10.1. The third-order valence-electron chi connectivity index (χ3n) is 2.95. The van der Waals surface area contributed by atoms with Gasteiger partial charge in [0.2, 0.25) is 0 Å². The van der Waals surface area contributed by atoms with Crippen molar-refractivity contribution in [3.05, 3.63) is 34.1 Å². The fraction of sp³-hybridized carbons (Fsp3) is 0.462. The van der Waals surface area contributed by atoms with Gasteiger partial charge in [0.25, 0.3) is 0 Å². The predicted molar refractivity (Wildman–Crippen MR) is 75.2 cm³/mol. The third kappa shape index (κ3) is 5.16. The van der Waals surface area contributed by atoms with Crippen molar-refractivity contribution in [1.29, 1.82) is 0 Å². The van der Waals surface area contributed by atoms with E-state index in [9.17, 15) is 9.18 Å². The van der Waals surface area contributed by atoms with Gasteiger partial charge in [0.15, 0.2) is 0 Å². The van der Waals surface area contributed by atoms with E-state index in [1.807, 2.05) is 6.92 Å². The van der Waals surface area contributed by atoms with Crippen LogP contribution >= 0.6 is 15.9 Å². The molecule has 0 heterocycles. The van der Waals surface area contributed by atoms with Crippen molar-refractivity contribution < 1.29 is 14.3 Å². The molecular formula is C13H18BrFN2O2. The summed E-state index contributed by atoms with van der Waals surface area (Å²) >= 11 is 3.25. The molecule has 0 saturated heterocycles. The van der Waals surface area contributed by atoms with E-state index in [2.05, 4.69) is 26.6 Å². The summed E-state index contributed by atoms with van der Waals surface area (Å²) in [6.45, 7) is 3.75. The van der Waals surface area contributed by atoms with Gasteiger partial charge in [-0.2, -0.15) is 0 Å². The molecule has 0 radical (unpaired) electrons. The van der Waals surface area contributed by atoms with Crippen LogP contribution in [0.3, 0.4) is 0 Å². The second-order valence-corrected chi connectivity index (χ2v) is 5.43. The van der Waals surface area contributed by atoms with E-state index in [1.54, 1.807) is 19.1 Å². The molecule has 0 aromatic heterocycles. The van der Waals surface area contributed by atoms with Crippen molar-refractivity contribution in [2.75, 3.05) is 6.61 Å². The Morgan fingerprint density at radius 1 is 1.47 bits per heavy atom. The summed E-state index contributed by atoms with van der Waals surface area (Å²) in [6, 6.07) is 4.03. The Labute approximate surface area is 120 Å². The van der Waals surface area contributed by atoms with Gasteiger partial charge in [0, 0.05) is 29.2 Å². The van der Waals surface area contributed by atoms with Crippen LogP contribution < -0.4 is 10.6 Å². The Hall–Kier alpha value is -1.14. The number of benzene rings is 1. The predicted octanol–water partition coefficient (Wildman–Crippen LogP) is 2.40. The molecule has 4 nitrogen and oxygen atoms in total. The molecule has 3 N–H and O–H groups in total. The molecule has 6 heteroatoms. The summed E-state index contributed by atoms with van der Waals surface area (Å²) in [5.41, 5.74) is 0.410. The maximum Gasteiger partial charge on any atom is 0.315 e. The first kappa shape index (κ1) is 15.9. The molecule has 0 aliphatic rings. The van der Waals surface area contributed by atoms with Crippen LogP contribution in [-0.2, 0) is 6.54 Å². The number of nitrogens with one attached hydrogen (secondary N) is 2. The number of urea groups is 1. The van der Waals surface area contributed by atoms with Crippen LogP contribution in [0.1, 0.15) is 19.4 Å². The standard InChI is InChI=1S/C13H18BrFN2O2/c1-8(7-18)9(2)17-13(19)16-6-10-5-11(14)3-4-12(10)15/h3-5,8-9,18H,6-7H2,1-2H3,(H2,16,17,19). The van der Waals surface area contributed by atoms with Crippen LogP contribution in [-0.4, -0.2) is 23.8 Å². The molecule has 2 atom stereocenters. The molecule has 0 fully saturated rings. The molecule has 19 heavy (non-hydrogen) atoms. The summed E-state index contributed by atoms with van der Waals surface area (Å²) in [5.74, 6) is -0.395. The van der Waals surface area contributed by atoms with Crippen molar-refractivity contribution in [2.24, 2.45) is 5.92 Å². The van der Waals surface area contributed by atoms with Gasteiger partial charge in [-0.3, -0.25) is 0 Å². The zero-order chi connectivity index (χ0) is 14.4. The first-order valence-corrected chi connectivity index (χ1v) is 6.82. The monoisotopic (exact) mass is 332 g/mol. The SMILES string of the molecule is CC(CO)C(C)NC(=O)NCc1cc(Br)ccc1F. The Morgan fingerprint density at radius 3 is 2.79 bits per heavy atom. The highest BCUT2D eigenvalue weighted by molar-refractivity contribution is 9.10. The first-order chi connectivity index (χ1) is 8.93. The van der Waals surface area contributed by atoms with Gasteiger partial charge >= 0.3 is 6.03 Å². The second-order valence-electron chi connectivity index (χ2n) is 4.51. The van der Waals surface area contributed by atoms with Gasteiger partial charge in [-0.1, -0.05) is 22.9 Å². The molecule has 0 saturated carbocycles. The number of halogens is 2. The molecular weight excluding hydrogens is 315 g/mol. The highest BCUT2D eigenvalue weighted by Gasteiger charge is 2.13. The first-order valence-electron chi connectivity index (χ1n) is 6.03. The van der Waals surface area contributed by atoms with Crippen molar-refractivity contribution in [3.63, 3.8) is 0 Å². The van der Waals surface area contributed by atoms with Crippen LogP contribution in [0.2, 0.25) is 0 Å². The fourth-order valence-electron chi connectivity index (χ4n) is 1.41. The lowest BCUT2D eigenvalue weighted by Crippen LogP contribution is -2.44. The van der Waals surface area contributed by atoms with Crippen molar-refractivity contribution >= 4 is 22.0 Å². The summed E-state index contributed by atoms with van der Waals surface area (Å²) in [4.78, 5) is 11.6. The van der Waals surface area contributed by atoms with Crippen LogP contribution in [0.25, 0.3) is 0 Å². The quantitative estimate of drug-likeness (QED) is 0.775. The summed E-state index contributed by atoms with van der Waals surface area (Å²) in [6.07, 6.45) is 0. The topological polar surface area (TPSA) is 61.4 Å². The molecule has 106 valence electrons. The maximum atomic E-state index is 13.4. The van der Waals surface area contributed by atoms with Gasteiger partial charge in [-0.05, 0) is 31.0 Å². The molecule has 2 unspecified atom stereocenters. The number of carbonyl (C=O) groups is 1. The van der Waals surface area contributed by atoms with E-state index in [0.717, 1.165) is 4.47 Å². The van der Waals surface area contributed by atoms with E-state index >= 15 is 0 Å². The molecule has 0 bridgehead atoms. The zero-order valence-electron chi connectivity index (χ0n) is 10.9. The highest BCUT2D eigenvalue weighted by Crippen LogP contribution is 2.15. The second kappa shape index (κ2) is 7.45. The Balaban J connectivity index is 2.48. The zero-order valence-corrected chi connectivity index (χ0v) is 12.5. The lowest BCUT2D eigenvalue weighted by molar-refractivity contribution is 0.200. The van der Waals surface area contributed by atoms with E-state index in [1.165, 1.54) is 6.07 Å². The van der Waals surface area contributed by atoms with E-state index in [0.29, 0.717) is 5.56 Å². The number of aliphatic hydroxyl groups excluding tert-OH is 1. The minimum atomic E-state index is -0.382. The smallest absolute Gasteiger partial charge is 0.315 e. The number of aliphatic hydroxyl groups is 1. The highest BCUT2D eigenvalue weighted by atomic mass is 79.9. The lowest BCUT2D eigenvalue weighted by Gasteiger charge is -2.19. The average Bonchev–Trinajstić information content (AvgIpc) is 2.38. The van der Waals surface area contributed by atoms with Gasteiger partial charge in [0.1, 0.15) is 5.82 Å². The van der Waals surface area contributed by atoms with Gasteiger partial charge in [-0.25, -0.2) is 9.18 Å². The van der Waals surface area contributed by atoms with Crippen molar-refractivity contribution in [2.45, 2.75) is 26.4 Å². The minimum Gasteiger partial charge on any atom is -0.396 e. The van der Waals surface area contributed by atoms with Gasteiger partial charge in [0.05, 0.1) is 0 Å². The summed E-state index contributed by atoms with van der Waals surface area (Å²) < 4.78 is 14.2. The third-order valence-corrected chi connectivity index (χ3v) is 3.44. The summed E-state index contributed by atoms with van der Waals surface area (Å²) in [7, 11) is 0. The van der Waals surface area contributed by atoms with Crippen molar-refractivity contribution in [3.8, 4) is 0 Å². The number of rotatable bonds is 5. The van der Waals surface area contributed by atoms with Crippen LogP contribution in [0.15, 0.2) is 22.7 Å². The number of hydrogen-bond acceptors (Lipinski definition) is 2. The Bertz CT molecular complexity index is 443. The maximum absolute atomic E-state index is 13.4. The average molecular weight is 333 g/mol. The molecule has 1 rings (SSSR count). The fourth-order valence-corrected chi connectivity index (χ4v) is 1.82. The number of amides is 2. The molecule has 2 amide bonds. The van der Waals surface area contributed by atoms with Crippen LogP contribution in [0, 0.1) is 11.7 Å². The van der Waals surface area contributed by atoms with Gasteiger partial charge in [-0.15, -0.1) is 0 Å². The number of carbonyl (C=O) groups excluding carboxylic acids is 1. The molecule has 0 spiro atoms. The van der Waals surface area contributed by atoms with Gasteiger partial charge < -0.3 is 15.7 Å². The van der Waals surface area contributed by atoms with E-state index in [4.69, 9.17) is 5.11 Å².